The number of rotatable bonds is 7. The molecule has 2 rings (SSSR count). The van der Waals surface area contributed by atoms with Crippen LogP contribution in [0.4, 0.5) is 0 Å². The van der Waals surface area contributed by atoms with E-state index in [1.807, 2.05) is 37.3 Å². The van der Waals surface area contributed by atoms with Crippen molar-refractivity contribution < 1.29 is 18.0 Å². The molecule has 0 aliphatic heterocycles. The van der Waals surface area contributed by atoms with E-state index >= 15 is 0 Å². The Labute approximate surface area is 160 Å². The van der Waals surface area contributed by atoms with Gasteiger partial charge in [-0.05, 0) is 31.5 Å². The Bertz CT molecular complexity index is 909. The van der Waals surface area contributed by atoms with Crippen molar-refractivity contribution in [1.29, 1.82) is 0 Å². The van der Waals surface area contributed by atoms with E-state index < -0.39 is 10.0 Å². The zero-order chi connectivity index (χ0) is 20.2. The second-order valence-corrected chi connectivity index (χ2v) is 8.48. The normalized spacial score (nSPS) is 12.6. The third kappa shape index (κ3) is 4.81. The fourth-order valence-electron chi connectivity index (χ4n) is 2.60. The molecule has 144 valence electrons. The summed E-state index contributed by atoms with van der Waals surface area (Å²) in [6, 6.07) is 15.0. The molecule has 0 spiro atoms. The lowest BCUT2D eigenvalue weighted by Crippen LogP contribution is -2.40. The average Bonchev–Trinajstić information content (AvgIpc) is 2.67. The topological polar surface area (TPSA) is 74.8 Å². The first kappa shape index (κ1) is 20.8. The summed E-state index contributed by atoms with van der Waals surface area (Å²) in [6.07, 6.45) is 0. The summed E-state index contributed by atoms with van der Waals surface area (Å²) in [5, 5.41) is 0. The van der Waals surface area contributed by atoms with Gasteiger partial charge in [0, 0.05) is 19.7 Å². The standard InChI is InChI=1S/C20H24N2O4S/c1-15(17-8-6-5-7-9-17)22(4)20(24)14-21(3)27(25,26)19-12-10-18(11-13-19)16(2)23/h5-13,15H,14H2,1-4H3. The first-order chi connectivity index (χ1) is 12.6. The summed E-state index contributed by atoms with van der Waals surface area (Å²) >= 11 is 0. The fraction of sp³-hybridized carbons (Fsp3) is 0.300. The van der Waals surface area contributed by atoms with Crippen LogP contribution in [0.15, 0.2) is 59.5 Å². The van der Waals surface area contributed by atoms with Crippen LogP contribution in [0.25, 0.3) is 0 Å². The molecule has 27 heavy (non-hydrogen) atoms. The van der Waals surface area contributed by atoms with E-state index in [0.717, 1.165) is 9.87 Å². The van der Waals surface area contributed by atoms with Crippen LogP contribution in [0.1, 0.15) is 35.8 Å². The van der Waals surface area contributed by atoms with Crippen molar-refractivity contribution in [3.63, 3.8) is 0 Å². The van der Waals surface area contributed by atoms with E-state index in [0.29, 0.717) is 5.56 Å². The Morgan fingerprint density at radius 3 is 2.04 bits per heavy atom. The number of sulfonamides is 1. The maximum atomic E-state index is 12.7. The number of amides is 1. The molecular formula is C20H24N2O4S. The first-order valence-electron chi connectivity index (χ1n) is 8.52. The highest BCUT2D eigenvalue weighted by atomic mass is 32.2. The van der Waals surface area contributed by atoms with Gasteiger partial charge in [0.15, 0.2) is 5.78 Å². The summed E-state index contributed by atoms with van der Waals surface area (Å²) in [7, 11) is -0.803. The fourth-order valence-corrected chi connectivity index (χ4v) is 3.72. The number of carbonyl (C=O) groups is 2. The third-order valence-electron chi connectivity index (χ3n) is 4.58. The highest BCUT2D eigenvalue weighted by Crippen LogP contribution is 2.20. The maximum Gasteiger partial charge on any atom is 0.243 e. The minimum absolute atomic E-state index is 0.0431. The number of carbonyl (C=O) groups excluding carboxylic acids is 2. The molecule has 0 aliphatic carbocycles. The molecule has 0 bridgehead atoms. The lowest BCUT2D eigenvalue weighted by atomic mass is 10.1. The third-order valence-corrected chi connectivity index (χ3v) is 6.40. The highest BCUT2D eigenvalue weighted by molar-refractivity contribution is 7.89. The Balaban J connectivity index is 2.11. The Morgan fingerprint density at radius 2 is 1.52 bits per heavy atom. The molecule has 0 heterocycles. The zero-order valence-corrected chi connectivity index (χ0v) is 16.7. The van der Waals surface area contributed by atoms with Gasteiger partial charge in [0.25, 0.3) is 0 Å². The summed E-state index contributed by atoms with van der Waals surface area (Å²) in [5.41, 5.74) is 1.41. The zero-order valence-electron chi connectivity index (χ0n) is 15.9. The van der Waals surface area contributed by atoms with Gasteiger partial charge in [-0.15, -0.1) is 0 Å². The van der Waals surface area contributed by atoms with Crippen LogP contribution in [-0.2, 0) is 14.8 Å². The number of likely N-dealkylation sites (N-methyl/N-ethyl adjacent to an activating group) is 2. The smallest absolute Gasteiger partial charge is 0.243 e. The van der Waals surface area contributed by atoms with Crippen molar-refractivity contribution >= 4 is 21.7 Å². The molecule has 2 aromatic carbocycles. The van der Waals surface area contributed by atoms with Crippen LogP contribution < -0.4 is 0 Å². The van der Waals surface area contributed by atoms with E-state index in [1.54, 1.807) is 7.05 Å². The van der Waals surface area contributed by atoms with Crippen LogP contribution in [0.2, 0.25) is 0 Å². The van der Waals surface area contributed by atoms with Crippen LogP contribution in [-0.4, -0.2) is 50.0 Å². The predicted octanol–water partition coefficient (Wildman–Crippen LogP) is 2.73. The van der Waals surface area contributed by atoms with Crippen LogP contribution in [0, 0.1) is 0 Å². The minimum atomic E-state index is -3.83. The molecule has 2 aromatic rings. The molecule has 0 fully saturated rings. The monoisotopic (exact) mass is 388 g/mol. The van der Waals surface area contributed by atoms with Crippen molar-refractivity contribution in [2.45, 2.75) is 24.8 Å². The summed E-state index contributed by atoms with van der Waals surface area (Å²) in [6.45, 7) is 3.03. The van der Waals surface area contributed by atoms with Gasteiger partial charge in [-0.25, -0.2) is 8.42 Å². The molecule has 0 saturated heterocycles. The molecular weight excluding hydrogens is 364 g/mol. The number of benzene rings is 2. The number of ketones is 1. The number of nitrogens with zero attached hydrogens (tertiary/aromatic N) is 2. The number of hydrogen-bond acceptors (Lipinski definition) is 4. The highest BCUT2D eigenvalue weighted by Gasteiger charge is 2.26. The van der Waals surface area contributed by atoms with Gasteiger partial charge in [0.2, 0.25) is 15.9 Å². The van der Waals surface area contributed by atoms with Crippen molar-refractivity contribution in [2.24, 2.45) is 0 Å². The maximum absolute atomic E-state index is 12.7. The summed E-state index contributed by atoms with van der Waals surface area (Å²) in [4.78, 5) is 25.5. The molecule has 0 saturated carbocycles. The van der Waals surface area contributed by atoms with Crippen LogP contribution in [0.3, 0.4) is 0 Å². The Morgan fingerprint density at radius 1 is 0.963 bits per heavy atom. The molecule has 6 nitrogen and oxygen atoms in total. The summed E-state index contributed by atoms with van der Waals surface area (Å²) in [5.74, 6) is -0.447. The van der Waals surface area contributed by atoms with Crippen molar-refractivity contribution in [3.05, 3.63) is 65.7 Å². The van der Waals surface area contributed by atoms with E-state index in [2.05, 4.69) is 0 Å². The predicted molar refractivity (Wildman–Crippen MR) is 104 cm³/mol. The van der Waals surface area contributed by atoms with Gasteiger partial charge in [-0.2, -0.15) is 4.31 Å². The van der Waals surface area contributed by atoms with Gasteiger partial charge in [-0.1, -0.05) is 42.5 Å². The Hall–Kier alpha value is -2.51. The minimum Gasteiger partial charge on any atom is -0.338 e. The lowest BCUT2D eigenvalue weighted by Gasteiger charge is -2.27. The molecule has 7 heteroatoms. The van der Waals surface area contributed by atoms with E-state index in [1.165, 1.54) is 43.1 Å². The molecule has 0 N–H and O–H groups in total. The number of hydrogen-bond donors (Lipinski definition) is 0. The van der Waals surface area contributed by atoms with E-state index in [4.69, 9.17) is 0 Å². The Kier molecular flexibility index (Phi) is 6.51. The number of Topliss-reactive ketones (excluding diaryl/α,β-unsaturated/α-hetero) is 1. The molecule has 0 aromatic heterocycles. The van der Waals surface area contributed by atoms with Crippen molar-refractivity contribution in [1.82, 2.24) is 9.21 Å². The van der Waals surface area contributed by atoms with Crippen LogP contribution in [0.5, 0.6) is 0 Å². The van der Waals surface area contributed by atoms with Gasteiger partial charge in [0.1, 0.15) is 0 Å². The van der Waals surface area contributed by atoms with Gasteiger partial charge in [0.05, 0.1) is 17.5 Å². The van der Waals surface area contributed by atoms with Gasteiger partial charge < -0.3 is 4.90 Å². The second kappa shape index (κ2) is 8.45. The average molecular weight is 388 g/mol. The summed E-state index contributed by atoms with van der Waals surface area (Å²) < 4.78 is 26.4. The van der Waals surface area contributed by atoms with Gasteiger partial charge in [-0.3, -0.25) is 9.59 Å². The lowest BCUT2D eigenvalue weighted by molar-refractivity contribution is -0.131. The first-order valence-corrected chi connectivity index (χ1v) is 9.96. The molecule has 1 unspecified atom stereocenters. The largest absolute Gasteiger partial charge is 0.338 e. The SMILES string of the molecule is CC(=O)c1ccc(S(=O)(=O)N(C)CC(=O)N(C)C(C)c2ccccc2)cc1. The second-order valence-electron chi connectivity index (χ2n) is 6.43. The molecule has 1 atom stereocenters. The van der Waals surface area contributed by atoms with Crippen molar-refractivity contribution in [2.75, 3.05) is 20.6 Å². The molecule has 0 radical (unpaired) electrons. The van der Waals surface area contributed by atoms with E-state index in [-0.39, 0.29) is 29.2 Å². The van der Waals surface area contributed by atoms with Crippen LogP contribution >= 0.6 is 0 Å². The van der Waals surface area contributed by atoms with Gasteiger partial charge >= 0.3 is 0 Å². The molecule has 1 amide bonds. The van der Waals surface area contributed by atoms with Crippen molar-refractivity contribution in [3.8, 4) is 0 Å². The molecule has 0 aliphatic rings. The van der Waals surface area contributed by atoms with E-state index in [9.17, 15) is 18.0 Å². The quantitative estimate of drug-likeness (QED) is 0.684.